The first-order valence-corrected chi connectivity index (χ1v) is 8.13. The fourth-order valence-corrected chi connectivity index (χ4v) is 3.68. The van der Waals surface area contributed by atoms with Gasteiger partial charge in [0, 0.05) is 24.7 Å². The third kappa shape index (κ3) is 3.49. The highest BCUT2D eigenvalue weighted by Crippen LogP contribution is 2.32. The van der Waals surface area contributed by atoms with Crippen molar-refractivity contribution < 1.29 is 9.26 Å². The third-order valence-electron chi connectivity index (χ3n) is 3.45. The Morgan fingerprint density at radius 3 is 3.00 bits per heavy atom. The van der Waals surface area contributed by atoms with Crippen molar-refractivity contribution in [2.24, 2.45) is 0 Å². The summed E-state index contributed by atoms with van der Waals surface area (Å²) >= 11 is 1.94. The van der Waals surface area contributed by atoms with Gasteiger partial charge in [0.25, 0.3) is 0 Å². The molecule has 0 aliphatic carbocycles. The van der Waals surface area contributed by atoms with Gasteiger partial charge in [-0.3, -0.25) is 0 Å². The molecule has 108 valence electrons. The number of nitrogens with zero attached hydrogens (tertiary/aromatic N) is 2. The number of hydrogen-bond acceptors (Lipinski definition) is 6. The predicted molar refractivity (Wildman–Crippen MR) is 76.5 cm³/mol. The number of methoxy groups -OCH3 is 1. The first-order valence-electron chi connectivity index (χ1n) is 6.97. The summed E-state index contributed by atoms with van der Waals surface area (Å²) < 4.78 is 10.8. The Morgan fingerprint density at radius 2 is 2.32 bits per heavy atom. The number of aromatic nitrogens is 2. The van der Waals surface area contributed by atoms with E-state index in [0.717, 1.165) is 36.8 Å². The molecule has 0 saturated carbocycles. The summed E-state index contributed by atoms with van der Waals surface area (Å²) in [6.45, 7) is 5.28. The first-order chi connectivity index (χ1) is 9.30. The lowest BCUT2D eigenvalue weighted by Crippen LogP contribution is -2.34. The van der Waals surface area contributed by atoms with Crippen LogP contribution in [0.3, 0.4) is 0 Å². The number of rotatable bonds is 7. The summed E-state index contributed by atoms with van der Waals surface area (Å²) in [5.74, 6) is 3.92. The molecule has 6 heteroatoms. The van der Waals surface area contributed by atoms with Gasteiger partial charge in [0.2, 0.25) is 11.7 Å². The van der Waals surface area contributed by atoms with Gasteiger partial charge in [-0.1, -0.05) is 19.0 Å². The van der Waals surface area contributed by atoms with Gasteiger partial charge in [0.1, 0.15) is 6.10 Å². The molecule has 1 N–H and O–H groups in total. The van der Waals surface area contributed by atoms with Gasteiger partial charge in [0.15, 0.2) is 0 Å². The Kier molecular flexibility index (Phi) is 5.66. The fourth-order valence-electron chi connectivity index (χ4n) is 2.31. The van der Waals surface area contributed by atoms with Crippen molar-refractivity contribution in [1.82, 2.24) is 15.5 Å². The lowest BCUT2D eigenvalue weighted by atomic mass is 10.0. The summed E-state index contributed by atoms with van der Waals surface area (Å²) in [6.07, 6.45) is 1.94. The lowest BCUT2D eigenvalue weighted by molar-refractivity contribution is 0.0903. The normalized spacial score (nSPS) is 24.8. The minimum atomic E-state index is -0.0615. The molecule has 3 unspecified atom stereocenters. The maximum atomic E-state index is 5.45. The van der Waals surface area contributed by atoms with Crippen molar-refractivity contribution in [1.29, 1.82) is 0 Å². The zero-order valence-electron chi connectivity index (χ0n) is 11.9. The van der Waals surface area contributed by atoms with Crippen LogP contribution in [0.25, 0.3) is 0 Å². The van der Waals surface area contributed by atoms with Gasteiger partial charge in [-0.2, -0.15) is 16.7 Å². The molecule has 1 aliphatic rings. The summed E-state index contributed by atoms with van der Waals surface area (Å²) in [4.78, 5) is 4.54. The summed E-state index contributed by atoms with van der Waals surface area (Å²) in [7, 11) is 1.68. The standard InChI is InChI=1S/C13H23N3O2S/c1-4-6-14-10-8-19-7-9(10)13-15-12(16-18-13)11(5-2)17-3/h9-11,14H,4-8H2,1-3H3. The van der Waals surface area contributed by atoms with E-state index in [2.05, 4.69) is 29.3 Å². The quantitative estimate of drug-likeness (QED) is 0.830. The van der Waals surface area contributed by atoms with Gasteiger partial charge >= 0.3 is 0 Å². The lowest BCUT2D eigenvalue weighted by Gasteiger charge is -2.16. The van der Waals surface area contributed by atoms with Crippen LogP contribution in [0.15, 0.2) is 4.52 Å². The Balaban J connectivity index is 2.04. The first kappa shape index (κ1) is 14.8. The Morgan fingerprint density at radius 1 is 1.47 bits per heavy atom. The molecule has 1 saturated heterocycles. The van der Waals surface area contributed by atoms with Crippen LogP contribution < -0.4 is 5.32 Å². The van der Waals surface area contributed by atoms with Crippen LogP contribution in [0.5, 0.6) is 0 Å². The maximum Gasteiger partial charge on any atom is 0.232 e. The second kappa shape index (κ2) is 7.26. The predicted octanol–water partition coefficient (Wildman–Crippen LogP) is 2.37. The summed E-state index contributed by atoms with van der Waals surface area (Å²) in [5, 5.41) is 7.64. The molecule has 1 fully saturated rings. The van der Waals surface area contributed by atoms with E-state index in [4.69, 9.17) is 9.26 Å². The second-order valence-electron chi connectivity index (χ2n) is 4.83. The molecule has 1 aromatic heterocycles. The van der Waals surface area contributed by atoms with Crippen LogP contribution in [-0.2, 0) is 4.74 Å². The Hall–Kier alpha value is -0.590. The van der Waals surface area contributed by atoms with Gasteiger partial charge in [0.05, 0.1) is 5.92 Å². The van der Waals surface area contributed by atoms with E-state index in [9.17, 15) is 0 Å². The van der Waals surface area contributed by atoms with Crippen molar-refractivity contribution in [2.45, 2.75) is 44.8 Å². The molecule has 0 spiro atoms. The number of hydrogen-bond donors (Lipinski definition) is 1. The van der Waals surface area contributed by atoms with Crippen molar-refractivity contribution in [3.05, 3.63) is 11.7 Å². The Bertz CT molecular complexity index is 382. The molecule has 1 aromatic rings. The molecular weight excluding hydrogens is 262 g/mol. The third-order valence-corrected chi connectivity index (χ3v) is 4.64. The van der Waals surface area contributed by atoms with E-state index in [1.165, 1.54) is 0 Å². The van der Waals surface area contributed by atoms with Gasteiger partial charge in [-0.05, 0) is 19.4 Å². The molecule has 0 bridgehead atoms. The summed E-state index contributed by atoms with van der Waals surface area (Å²) in [5.41, 5.74) is 0. The zero-order valence-corrected chi connectivity index (χ0v) is 12.7. The van der Waals surface area contributed by atoms with E-state index in [-0.39, 0.29) is 6.10 Å². The van der Waals surface area contributed by atoms with Crippen LogP contribution in [0.1, 0.15) is 50.4 Å². The fraction of sp³-hybridized carbons (Fsp3) is 0.846. The van der Waals surface area contributed by atoms with Crippen LogP contribution in [0.4, 0.5) is 0 Å². The van der Waals surface area contributed by atoms with E-state index < -0.39 is 0 Å². The smallest absolute Gasteiger partial charge is 0.232 e. The zero-order chi connectivity index (χ0) is 13.7. The van der Waals surface area contributed by atoms with Crippen molar-refractivity contribution in [3.63, 3.8) is 0 Å². The Labute approximate surface area is 118 Å². The van der Waals surface area contributed by atoms with Crippen molar-refractivity contribution in [3.8, 4) is 0 Å². The van der Waals surface area contributed by atoms with E-state index in [0.29, 0.717) is 17.8 Å². The highest BCUT2D eigenvalue weighted by atomic mass is 32.2. The highest BCUT2D eigenvalue weighted by molar-refractivity contribution is 7.99. The molecular formula is C13H23N3O2S. The minimum Gasteiger partial charge on any atom is -0.373 e. The summed E-state index contributed by atoms with van der Waals surface area (Å²) in [6, 6.07) is 0.445. The van der Waals surface area contributed by atoms with Gasteiger partial charge in [-0.15, -0.1) is 0 Å². The second-order valence-corrected chi connectivity index (χ2v) is 5.90. The van der Waals surface area contributed by atoms with Crippen LogP contribution in [-0.4, -0.2) is 41.3 Å². The average Bonchev–Trinajstić information content (AvgIpc) is 3.06. The van der Waals surface area contributed by atoms with E-state index in [1.807, 2.05) is 11.8 Å². The average molecular weight is 285 g/mol. The molecule has 19 heavy (non-hydrogen) atoms. The van der Waals surface area contributed by atoms with Crippen molar-refractivity contribution in [2.75, 3.05) is 25.2 Å². The topological polar surface area (TPSA) is 60.2 Å². The van der Waals surface area contributed by atoms with Crippen molar-refractivity contribution >= 4 is 11.8 Å². The molecule has 0 aromatic carbocycles. The number of thioether (sulfide) groups is 1. The largest absolute Gasteiger partial charge is 0.373 e. The van der Waals surface area contributed by atoms with Crippen LogP contribution in [0.2, 0.25) is 0 Å². The van der Waals surface area contributed by atoms with E-state index >= 15 is 0 Å². The van der Waals surface area contributed by atoms with Crippen LogP contribution >= 0.6 is 11.8 Å². The molecule has 2 heterocycles. The van der Waals surface area contributed by atoms with Crippen LogP contribution in [0, 0.1) is 0 Å². The molecule has 1 aliphatic heterocycles. The highest BCUT2D eigenvalue weighted by Gasteiger charge is 2.33. The molecule has 3 atom stereocenters. The van der Waals surface area contributed by atoms with Gasteiger partial charge < -0.3 is 14.6 Å². The SMILES string of the molecule is CCCNC1CSCC1c1nc(C(CC)OC)no1. The van der Waals surface area contributed by atoms with Gasteiger partial charge in [-0.25, -0.2) is 0 Å². The minimum absolute atomic E-state index is 0.0615. The molecule has 2 rings (SSSR count). The number of nitrogens with one attached hydrogen (secondary N) is 1. The molecule has 0 radical (unpaired) electrons. The number of ether oxygens (including phenoxy) is 1. The maximum absolute atomic E-state index is 5.45. The molecule has 0 amide bonds. The monoisotopic (exact) mass is 285 g/mol. The van der Waals surface area contributed by atoms with E-state index in [1.54, 1.807) is 7.11 Å². The molecule has 5 nitrogen and oxygen atoms in total.